The van der Waals surface area contributed by atoms with Crippen LogP contribution in [-0.2, 0) is 14.0 Å². The summed E-state index contributed by atoms with van der Waals surface area (Å²) in [7, 11) is -1.70. The van der Waals surface area contributed by atoms with Crippen molar-refractivity contribution in [3.8, 4) is 0 Å². The van der Waals surface area contributed by atoms with Crippen LogP contribution in [0.2, 0.25) is 18.1 Å². The molecular formula is C17H32O3Si. The number of carbonyl (C=O) groups excluding carboxylic acids is 1. The number of allylic oxidation sites excluding steroid dienone is 2. The van der Waals surface area contributed by atoms with Gasteiger partial charge in [-0.15, -0.1) is 0 Å². The lowest BCUT2D eigenvalue weighted by Crippen LogP contribution is -2.43. The standard InChI is InChI=1S/C17H32O3Si/c1-9-19-16(18)14(2)12-10-11-13-15(3)20-21(7,8)17(4,5)6/h10-12,15H,9,13H2,1-8H3/t15-/m0/s1. The second-order valence-corrected chi connectivity index (χ2v) is 11.7. The van der Waals surface area contributed by atoms with E-state index in [0.29, 0.717) is 12.2 Å². The summed E-state index contributed by atoms with van der Waals surface area (Å²) in [5.41, 5.74) is 0.617. The van der Waals surface area contributed by atoms with Crippen molar-refractivity contribution in [2.45, 2.75) is 72.2 Å². The third-order valence-electron chi connectivity index (χ3n) is 3.85. The summed E-state index contributed by atoms with van der Waals surface area (Å²) in [5.74, 6) is -0.257. The van der Waals surface area contributed by atoms with E-state index in [2.05, 4.69) is 40.8 Å². The van der Waals surface area contributed by atoms with Gasteiger partial charge in [-0.3, -0.25) is 0 Å². The van der Waals surface area contributed by atoms with Crippen molar-refractivity contribution >= 4 is 14.3 Å². The zero-order valence-electron chi connectivity index (χ0n) is 14.9. The monoisotopic (exact) mass is 312 g/mol. The molecule has 0 saturated heterocycles. The maximum atomic E-state index is 11.4. The Hall–Kier alpha value is -0.873. The van der Waals surface area contributed by atoms with Crippen LogP contribution >= 0.6 is 0 Å². The molecule has 0 bridgehead atoms. The highest BCUT2D eigenvalue weighted by Gasteiger charge is 2.38. The van der Waals surface area contributed by atoms with Gasteiger partial charge in [-0.1, -0.05) is 39.0 Å². The average Bonchev–Trinajstić information content (AvgIpc) is 2.32. The van der Waals surface area contributed by atoms with Crippen LogP contribution in [0.1, 0.15) is 48.0 Å². The highest BCUT2D eigenvalue weighted by Crippen LogP contribution is 2.37. The van der Waals surface area contributed by atoms with E-state index in [9.17, 15) is 4.79 Å². The zero-order chi connectivity index (χ0) is 16.7. The van der Waals surface area contributed by atoms with E-state index in [1.54, 1.807) is 19.9 Å². The van der Waals surface area contributed by atoms with Gasteiger partial charge in [0.1, 0.15) is 0 Å². The molecule has 21 heavy (non-hydrogen) atoms. The van der Waals surface area contributed by atoms with E-state index < -0.39 is 8.32 Å². The van der Waals surface area contributed by atoms with Crippen LogP contribution in [0.25, 0.3) is 0 Å². The molecule has 0 fully saturated rings. The van der Waals surface area contributed by atoms with Crippen molar-refractivity contribution in [2.75, 3.05) is 6.61 Å². The minimum atomic E-state index is -1.70. The van der Waals surface area contributed by atoms with Crippen LogP contribution < -0.4 is 0 Å². The molecule has 0 N–H and O–H groups in total. The molecule has 0 saturated carbocycles. The molecule has 0 rings (SSSR count). The Kier molecular flexibility index (Phi) is 8.19. The van der Waals surface area contributed by atoms with Gasteiger partial charge in [0, 0.05) is 11.7 Å². The summed E-state index contributed by atoms with van der Waals surface area (Å²) < 4.78 is 11.2. The largest absolute Gasteiger partial charge is 0.463 e. The Balaban J connectivity index is 4.38. The van der Waals surface area contributed by atoms with Crippen molar-refractivity contribution < 1.29 is 14.0 Å². The smallest absolute Gasteiger partial charge is 0.333 e. The maximum absolute atomic E-state index is 11.4. The summed E-state index contributed by atoms with van der Waals surface area (Å²) in [6.07, 6.45) is 6.77. The first-order valence-corrected chi connectivity index (χ1v) is 10.6. The molecule has 0 unspecified atom stereocenters. The Morgan fingerprint density at radius 2 is 1.86 bits per heavy atom. The maximum Gasteiger partial charge on any atom is 0.333 e. The number of hydrogen-bond acceptors (Lipinski definition) is 3. The molecule has 0 aliphatic carbocycles. The highest BCUT2D eigenvalue weighted by molar-refractivity contribution is 6.74. The first-order valence-electron chi connectivity index (χ1n) is 7.69. The molecule has 0 radical (unpaired) electrons. The van der Waals surface area contributed by atoms with Gasteiger partial charge in [0.05, 0.1) is 6.61 Å². The third kappa shape index (κ3) is 7.62. The van der Waals surface area contributed by atoms with Gasteiger partial charge in [-0.05, 0) is 45.3 Å². The summed E-state index contributed by atoms with van der Waals surface area (Å²) in [6, 6.07) is 0. The molecule has 0 aromatic rings. The number of carbonyl (C=O) groups is 1. The molecule has 0 spiro atoms. The zero-order valence-corrected chi connectivity index (χ0v) is 15.9. The van der Waals surface area contributed by atoms with Crippen LogP contribution in [0.15, 0.2) is 23.8 Å². The van der Waals surface area contributed by atoms with Crippen molar-refractivity contribution in [1.29, 1.82) is 0 Å². The minimum absolute atomic E-state index is 0.193. The van der Waals surface area contributed by atoms with Gasteiger partial charge in [0.2, 0.25) is 0 Å². The van der Waals surface area contributed by atoms with Crippen molar-refractivity contribution in [2.24, 2.45) is 0 Å². The molecule has 1 atom stereocenters. The molecule has 0 aromatic carbocycles. The van der Waals surface area contributed by atoms with Crippen LogP contribution in [0.4, 0.5) is 0 Å². The summed E-state index contributed by atoms with van der Waals surface area (Å²) in [4.78, 5) is 11.4. The Bertz CT molecular complexity index is 389. The SMILES string of the molecule is CCOC(=O)C(C)=CC=CC[C@H](C)O[Si](C)(C)C(C)(C)C. The third-order valence-corrected chi connectivity index (χ3v) is 8.45. The van der Waals surface area contributed by atoms with E-state index in [0.717, 1.165) is 6.42 Å². The molecule has 4 heteroatoms. The lowest BCUT2D eigenvalue weighted by molar-refractivity contribution is -0.138. The summed E-state index contributed by atoms with van der Waals surface area (Å²) >= 11 is 0. The molecule has 0 amide bonds. The Labute approximate surface area is 131 Å². The van der Waals surface area contributed by atoms with Crippen molar-refractivity contribution in [3.63, 3.8) is 0 Å². The molecular weight excluding hydrogens is 280 g/mol. The van der Waals surface area contributed by atoms with Gasteiger partial charge >= 0.3 is 5.97 Å². The van der Waals surface area contributed by atoms with Gasteiger partial charge in [-0.2, -0.15) is 0 Å². The fourth-order valence-electron chi connectivity index (χ4n) is 1.52. The van der Waals surface area contributed by atoms with Gasteiger partial charge in [0.15, 0.2) is 8.32 Å². The number of rotatable bonds is 7. The average molecular weight is 313 g/mol. The fraction of sp³-hybridized carbons (Fsp3) is 0.706. The van der Waals surface area contributed by atoms with Crippen molar-refractivity contribution in [3.05, 3.63) is 23.8 Å². The normalized spacial score (nSPS) is 15.3. The first kappa shape index (κ1) is 20.1. The minimum Gasteiger partial charge on any atom is -0.463 e. The lowest BCUT2D eigenvalue weighted by atomic mass is 10.2. The molecule has 122 valence electrons. The molecule has 0 aliphatic heterocycles. The molecule has 3 nitrogen and oxygen atoms in total. The fourth-order valence-corrected chi connectivity index (χ4v) is 2.98. The Morgan fingerprint density at radius 1 is 1.29 bits per heavy atom. The summed E-state index contributed by atoms with van der Waals surface area (Å²) in [5, 5.41) is 0.228. The van der Waals surface area contributed by atoms with E-state index in [4.69, 9.17) is 9.16 Å². The van der Waals surface area contributed by atoms with Crippen LogP contribution in [0.5, 0.6) is 0 Å². The van der Waals surface area contributed by atoms with Crippen molar-refractivity contribution in [1.82, 2.24) is 0 Å². The number of esters is 1. The van der Waals surface area contributed by atoms with Crippen LogP contribution in [0, 0.1) is 0 Å². The van der Waals surface area contributed by atoms with Crippen LogP contribution in [-0.4, -0.2) is 27.0 Å². The lowest BCUT2D eigenvalue weighted by Gasteiger charge is -2.38. The van der Waals surface area contributed by atoms with Crippen LogP contribution in [0.3, 0.4) is 0 Å². The van der Waals surface area contributed by atoms with E-state index >= 15 is 0 Å². The van der Waals surface area contributed by atoms with E-state index in [1.807, 2.05) is 12.2 Å². The number of ether oxygens (including phenoxy) is 1. The topological polar surface area (TPSA) is 35.5 Å². The van der Waals surface area contributed by atoms with E-state index in [-0.39, 0.29) is 17.1 Å². The quantitative estimate of drug-likeness (QED) is 0.292. The second-order valence-electron chi connectivity index (χ2n) is 6.92. The van der Waals surface area contributed by atoms with Gasteiger partial charge < -0.3 is 9.16 Å². The second kappa shape index (κ2) is 8.54. The van der Waals surface area contributed by atoms with Gasteiger partial charge in [0.25, 0.3) is 0 Å². The molecule has 0 heterocycles. The van der Waals surface area contributed by atoms with E-state index in [1.165, 1.54) is 0 Å². The molecule has 0 aromatic heterocycles. The first-order chi connectivity index (χ1) is 9.51. The number of hydrogen-bond donors (Lipinski definition) is 0. The Morgan fingerprint density at radius 3 is 2.33 bits per heavy atom. The predicted molar refractivity (Wildman–Crippen MR) is 91.9 cm³/mol. The predicted octanol–water partition coefficient (Wildman–Crippen LogP) is 4.85. The highest BCUT2D eigenvalue weighted by atomic mass is 28.4. The molecule has 0 aliphatic rings. The van der Waals surface area contributed by atoms with Gasteiger partial charge in [-0.25, -0.2) is 4.79 Å². The summed E-state index contributed by atoms with van der Waals surface area (Å²) in [6.45, 7) is 17.3.